The van der Waals surface area contributed by atoms with Crippen molar-refractivity contribution < 1.29 is 9.21 Å². The average Bonchev–Trinajstić information content (AvgIpc) is 3.30. The highest BCUT2D eigenvalue weighted by Gasteiger charge is 2.27. The Morgan fingerprint density at radius 3 is 2.64 bits per heavy atom. The van der Waals surface area contributed by atoms with Gasteiger partial charge in [0.15, 0.2) is 11.3 Å². The van der Waals surface area contributed by atoms with E-state index in [2.05, 4.69) is 10.3 Å². The van der Waals surface area contributed by atoms with Crippen molar-refractivity contribution in [1.29, 1.82) is 0 Å². The molecule has 0 atom stereocenters. The van der Waals surface area contributed by atoms with E-state index in [1.54, 1.807) is 6.07 Å². The zero-order chi connectivity index (χ0) is 15.8. The van der Waals surface area contributed by atoms with Gasteiger partial charge >= 0.3 is 0 Å². The fraction of sp³-hybridized carbons (Fsp3) is 0.556. The topological polar surface area (TPSA) is 58.4 Å². The SMILES string of the molecule is Cc1ccc2oc(C(=O)N3CCC(NCC4CC4)CC3)cc2n1.Cl.Cl. The summed E-state index contributed by atoms with van der Waals surface area (Å²) in [6.07, 6.45) is 4.81. The molecule has 0 unspecified atom stereocenters. The molecule has 138 valence electrons. The van der Waals surface area contributed by atoms with Gasteiger partial charge in [-0.15, -0.1) is 24.8 Å². The number of hydrogen-bond donors (Lipinski definition) is 1. The summed E-state index contributed by atoms with van der Waals surface area (Å²) in [6.45, 7) is 4.68. The molecule has 2 aliphatic rings. The van der Waals surface area contributed by atoms with Gasteiger partial charge in [0.05, 0.1) is 0 Å². The largest absolute Gasteiger partial charge is 0.449 e. The van der Waals surface area contributed by atoms with E-state index < -0.39 is 0 Å². The maximum atomic E-state index is 12.6. The van der Waals surface area contributed by atoms with E-state index in [0.717, 1.165) is 49.6 Å². The molecule has 1 aliphatic heterocycles. The Morgan fingerprint density at radius 2 is 1.96 bits per heavy atom. The first-order valence-electron chi connectivity index (χ1n) is 8.59. The van der Waals surface area contributed by atoms with Gasteiger partial charge in [-0.25, -0.2) is 4.98 Å². The van der Waals surface area contributed by atoms with Gasteiger partial charge in [-0.1, -0.05) is 0 Å². The monoisotopic (exact) mass is 385 g/mol. The van der Waals surface area contributed by atoms with Crippen LogP contribution in [0.3, 0.4) is 0 Å². The van der Waals surface area contributed by atoms with Crippen LogP contribution in [0.5, 0.6) is 0 Å². The van der Waals surface area contributed by atoms with Crippen molar-refractivity contribution in [2.24, 2.45) is 5.92 Å². The number of likely N-dealkylation sites (tertiary alicyclic amines) is 1. The standard InChI is InChI=1S/C18H23N3O2.2ClH/c1-12-2-5-16-15(20-12)10-17(23-16)18(22)21-8-6-14(7-9-21)19-11-13-3-4-13;;/h2,5,10,13-14,19H,3-4,6-9,11H2,1H3;2*1H. The number of nitrogens with zero attached hydrogens (tertiary/aromatic N) is 2. The number of aromatic nitrogens is 1. The number of furan rings is 1. The number of pyridine rings is 1. The second kappa shape index (κ2) is 8.39. The zero-order valence-corrected chi connectivity index (χ0v) is 16.0. The molecule has 1 aliphatic carbocycles. The number of fused-ring (bicyclic) bond motifs is 1. The molecule has 2 aromatic heterocycles. The predicted octanol–water partition coefficient (Wildman–Crippen LogP) is 3.58. The van der Waals surface area contributed by atoms with Gasteiger partial charge in [0.25, 0.3) is 5.91 Å². The van der Waals surface area contributed by atoms with Gasteiger partial charge in [0.2, 0.25) is 0 Å². The number of carbonyl (C=O) groups excluding carboxylic acids is 1. The molecule has 3 heterocycles. The minimum absolute atomic E-state index is 0. The molecule has 0 radical (unpaired) electrons. The lowest BCUT2D eigenvalue weighted by Crippen LogP contribution is -2.45. The smallest absolute Gasteiger partial charge is 0.289 e. The fourth-order valence-corrected chi connectivity index (χ4v) is 3.23. The number of halogens is 2. The number of piperidine rings is 1. The van der Waals surface area contributed by atoms with Crippen LogP contribution in [0.4, 0.5) is 0 Å². The molecule has 7 heteroatoms. The average molecular weight is 386 g/mol. The molecule has 5 nitrogen and oxygen atoms in total. The number of aryl methyl sites for hydroxylation is 1. The van der Waals surface area contributed by atoms with Crippen LogP contribution in [-0.4, -0.2) is 41.5 Å². The normalized spacial score (nSPS) is 17.9. The molecule has 0 spiro atoms. The van der Waals surface area contributed by atoms with Crippen LogP contribution in [0.2, 0.25) is 0 Å². The van der Waals surface area contributed by atoms with Crippen molar-refractivity contribution in [3.05, 3.63) is 29.7 Å². The number of hydrogen-bond acceptors (Lipinski definition) is 4. The van der Waals surface area contributed by atoms with Crippen LogP contribution in [0.25, 0.3) is 11.1 Å². The second-order valence-corrected chi connectivity index (χ2v) is 6.86. The summed E-state index contributed by atoms with van der Waals surface area (Å²) in [6, 6.07) is 6.10. The van der Waals surface area contributed by atoms with Crippen LogP contribution in [0.15, 0.2) is 22.6 Å². The van der Waals surface area contributed by atoms with Gasteiger partial charge < -0.3 is 14.6 Å². The Kier molecular flexibility index (Phi) is 6.72. The molecule has 1 saturated carbocycles. The number of carbonyl (C=O) groups is 1. The van der Waals surface area contributed by atoms with Crippen LogP contribution in [0, 0.1) is 12.8 Å². The van der Waals surface area contributed by atoms with E-state index in [1.165, 1.54) is 12.8 Å². The van der Waals surface area contributed by atoms with E-state index >= 15 is 0 Å². The van der Waals surface area contributed by atoms with Crippen molar-refractivity contribution in [3.8, 4) is 0 Å². The van der Waals surface area contributed by atoms with Crippen molar-refractivity contribution in [2.45, 2.75) is 38.6 Å². The first-order valence-corrected chi connectivity index (χ1v) is 8.59. The molecule has 25 heavy (non-hydrogen) atoms. The van der Waals surface area contributed by atoms with Crippen LogP contribution in [-0.2, 0) is 0 Å². The molecule has 2 aromatic rings. The van der Waals surface area contributed by atoms with Gasteiger partial charge in [-0.3, -0.25) is 4.79 Å². The summed E-state index contributed by atoms with van der Waals surface area (Å²) in [5, 5.41) is 3.64. The highest BCUT2D eigenvalue weighted by molar-refractivity contribution is 5.95. The summed E-state index contributed by atoms with van der Waals surface area (Å²) >= 11 is 0. The van der Waals surface area contributed by atoms with Crippen LogP contribution < -0.4 is 5.32 Å². The van der Waals surface area contributed by atoms with Gasteiger partial charge in [0.1, 0.15) is 5.52 Å². The molecule has 0 aromatic carbocycles. The van der Waals surface area contributed by atoms with E-state index in [4.69, 9.17) is 4.42 Å². The maximum absolute atomic E-state index is 12.6. The fourth-order valence-electron chi connectivity index (χ4n) is 3.23. The third kappa shape index (κ3) is 4.66. The Bertz CT molecular complexity index is 722. The molecule has 4 rings (SSSR count). The van der Waals surface area contributed by atoms with Crippen molar-refractivity contribution >= 4 is 41.8 Å². The highest BCUT2D eigenvalue weighted by Crippen LogP contribution is 2.28. The van der Waals surface area contributed by atoms with Gasteiger partial charge in [0, 0.05) is 30.9 Å². The first kappa shape index (κ1) is 20.0. The molecule has 2 fully saturated rings. The quantitative estimate of drug-likeness (QED) is 0.873. The summed E-state index contributed by atoms with van der Waals surface area (Å²) in [5.74, 6) is 1.30. The molecule has 1 N–H and O–H groups in total. The minimum Gasteiger partial charge on any atom is -0.449 e. The number of nitrogens with one attached hydrogen (secondary N) is 1. The summed E-state index contributed by atoms with van der Waals surface area (Å²) in [5.41, 5.74) is 2.37. The first-order chi connectivity index (χ1) is 11.2. The van der Waals surface area contributed by atoms with E-state index in [0.29, 0.717) is 17.4 Å². The minimum atomic E-state index is -0.0127. The van der Waals surface area contributed by atoms with Crippen molar-refractivity contribution in [3.63, 3.8) is 0 Å². The summed E-state index contributed by atoms with van der Waals surface area (Å²) in [4.78, 5) is 18.9. The summed E-state index contributed by atoms with van der Waals surface area (Å²) < 4.78 is 5.68. The van der Waals surface area contributed by atoms with Crippen molar-refractivity contribution in [1.82, 2.24) is 15.2 Å². The van der Waals surface area contributed by atoms with E-state index in [9.17, 15) is 4.79 Å². The molecular formula is C18H25Cl2N3O2. The highest BCUT2D eigenvalue weighted by atomic mass is 35.5. The molecular weight excluding hydrogens is 361 g/mol. The zero-order valence-electron chi connectivity index (χ0n) is 14.4. The van der Waals surface area contributed by atoms with Gasteiger partial charge in [-0.05, 0) is 57.2 Å². The lowest BCUT2D eigenvalue weighted by Gasteiger charge is -2.32. The number of rotatable bonds is 4. The Hall–Kier alpha value is -1.30. The predicted molar refractivity (Wildman–Crippen MR) is 103 cm³/mol. The maximum Gasteiger partial charge on any atom is 0.289 e. The molecule has 1 amide bonds. The van der Waals surface area contributed by atoms with E-state index in [1.807, 2.05) is 24.0 Å². The summed E-state index contributed by atoms with van der Waals surface area (Å²) in [7, 11) is 0. The third-order valence-electron chi connectivity index (χ3n) is 4.90. The molecule has 1 saturated heterocycles. The van der Waals surface area contributed by atoms with Crippen LogP contribution in [0.1, 0.15) is 41.9 Å². The van der Waals surface area contributed by atoms with E-state index in [-0.39, 0.29) is 30.7 Å². The Morgan fingerprint density at radius 1 is 1.24 bits per heavy atom. The number of amides is 1. The van der Waals surface area contributed by atoms with Crippen LogP contribution >= 0.6 is 24.8 Å². The Labute approximate surface area is 160 Å². The lowest BCUT2D eigenvalue weighted by atomic mass is 10.0. The van der Waals surface area contributed by atoms with Gasteiger partial charge in [-0.2, -0.15) is 0 Å². The molecule has 0 bridgehead atoms. The lowest BCUT2D eigenvalue weighted by molar-refractivity contribution is 0.0675. The third-order valence-corrected chi connectivity index (χ3v) is 4.90. The second-order valence-electron chi connectivity index (χ2n) is 6.86. The van der Waals surface area contributed by atoms with Crippen molar-refractivity contribution in [2.75, 3.05) is 19.6 Å². The Balaban J connectivity index is 0.00000113.